The molecule has 7 nitrogen and oxygen atoms in total. The molecule has 0 aliphatic rings. The van der Waals surface area contributed by atoms with Gasteiger partial charge in [-0.15, -0.1) is 0 Å². The zero-order valence-electron chi connectivity index (χ0n) is 13.7. The Hall–Kier alpha value is -0.750. The first kappa shape index (κ1) is 22.3. The van der Waals surface area contributed by atoms with Crippen LogP contribution < -0.4 is 5.32 Å². The van der Waals surface area contributed by atoms with Crippen molar-refractivity contribution in [2.75, 3.05) is 46.2 Å². The molecule has 1 amide bonds. The molecule has 0 aliphatic heterocycles. The van der Waals surface area contributed by atoms with Crippen LogP contribution in [0.3, 0.4) is 0 Å². The van der Waals surface area contributed by atoms with E-state index in [0.29, 0.717) is 51.7 Å². The lowest BCUT2D eigenvalue weighted by molar-refractivity contribution is -0.132. The van der Waals surface area contributed by atoms with E-state index < -0.39 is 0 Å². The van der Waals surface area contributed by atoms with Crippen molar-refractivity contribution in [1.82, 2.24) is 5.32 Å². The van der Waals surface area contributed by atoms with Gasteiger partial charge < -0.3 is 22.6 Å². The van der Waals surface area contributed by atoms with Crippen LogP contribution in [0, 0.1) is 0 Å². The molecule has 0 saturated carbocycles. The summed E-state index contributed by atoms with van der Waals surface area (Å²) in [6.45, 7) is 2.90. The van der Waals surface area contributed by atoms with Gasteiger partial charge >= 0.3 is 5.97 Å². The van der Waals surface area contributed by atoms with Gasteiger partial charge in [0.25, 0.3) is 5.91 Å². The minimum atomic E-state index is -0.304. The summed E-state index contributed by atoms with van der Waals surface area (Å²) in [7, 11) is 0. The average molecular weight is 530 g/mol. The molecule has 0 spiro atoms. The summed E-state index contributed by atoms with van der Waals surface area (Å²) >= 11 is 4.87. The molecule has 1 aromatic carbocycles. The normalized spacial score (nSPS) is 10.5. The number of hydrogen-bond acceptors (Lipinski definition) is 6. The van der Waals surface area contributed by atoms with Gasteiger partial charge in [0.1, 0.15) is 0 Å². The fraction of sp³-hybridized carbons (Fsp3) is 0.500. The predicted octanol–water partition coefficient (Wildman–Crippen LogP) is 2.51. The van der Waals surface area contributed by atoms with E-state index in [2.05, 4.69) is 24.3 Å². The second-order valence-corrected chi connectivity index (χ2v) is 6.16. The summed E-state index contributed by atoms with van der Waals surface area (Å²) in [6, 6.07) is 7.14. The number of nitrogens with one attached hydrogen (secondary N) is 1. The van der Waals surface area contributed by atoms with Crippen molar-refractivity contribution in [3.63, 3.8) is 0 Å². The minimum absolute atomic E-state index is 0.129. The fourth-order valence-electron chi connectivity index (χ4n) is 1.68. The van der Waals surface area contributed by atoms with Gasteiger partial charge in [-0.3, -0.25) is 9.59 Å². The van der Waals surface area contributed by atoms with Crippen LogP contribution in [0.25, 0.3) is 0 Å². The minimum Gasteiger partial charge on any atom is -0.394 e. The van der Waals surface area contributed by atoms with Crippen molar-refractivity contribution < 1.29 is 26.9 Å². The van der Waals surface area contributed by atoms with E-state index in [-0.39, 0.29) is 18.3 Å². The van der Waals surface area contributed by atoms with E-state index in [1.165, 1.54) is 0 Å². The molecule has 0 heterocycles. The molecule has 0 saturated heterocycles. The fourth-order valence-corrected chi connectivity index (χ4v) is 2.16. The first-order chi connectivity index (χ1) is 12.1. The monoisotopic (exact) mass is 529 g/mol. The first-order valence-electron chi connectivity index (χ1n) is 7.72. The Balaban J connectivity index is 1.88. The molecule has 0 bridgehead atoms. The number of hydrogen-bond donors (Lipinski definition) is 1. The number of carbonyl (C=O) groups excluding carboxylic acids is 2. The highest BCUT2D eigenvalue weighted by Crippen LogP contribution is 2.10. The largest absolute Gasteiger partial charge is 0.394 e. The summed E-state index contributed by atoms with van der Waals surface area (Å²) in [5.41, 5.74) is 0.610. The van der Waals surface area contributed by atoms with E-state index in [4.69, 9.17) is 14.2 Å². The highest BCUT2D eigenvalue weighted by molar-refractivity contribution is 14.1. The molecule has 0 radical (unpaired) electrons. The van der Waals surface area contributed by atoms with Gasteiger partial charge in [-0.1, -0.05) is 15.9 Å². The van der Waals surface area contributed by atoms with Crippen LogP contribution in [0.1, 0.15) is 16.8 Å². The molecule has 9 heteroatoms. The second kappa shape index (κ2) is 14.4. The molecule has 140 valence electrons. The average Bonchev–Trinajstić information content (AvgIpc) is 2.62. The van der Waals surface area contributed by atoms with Crippen LogP contribution >= 0.6 is 38.9 Å². The van der Waals surface area contributed by atoms with Crippen LogP contribution in [0.15, 0.2) is 28.7 Å². The molecule has 1 N–H and O–H groups in total. The highest BCUT2D eigenvalue weighted by atomic mass is 127. The highest BCUT2D eigenvalue weighted by Gasteiger charge is 2.04. The van der Waals surface area contributed by atoms with E-state index in [0.717, 1.165) is 4.47 Å². The van der Waals surface area contributed by atoms with Crippen molar-refractivity contribution >= 4 is 50.8 Å². The topological polar surface area (TPSA) is 83.1 Å². The zero-order valence-corrected chi connectivity index (χ0v) is 17.4. The van der Waals surface area contributed by atoms with Gasteiger partial charge in [-0.25, -0.2) is 0 Å². The zero-order chi connectivity index (χ0) is 18.3. The summed E-state index contributed by atoms with van der Waals surface area (Å²) in [6.07, 6.45) is 0.234. The molecular formula is C16H21BrINO6. The number of carbonyl (C=O) groups is 2. The Morgan fingerprint density at radius 2 is 1.48 bits per heavy atom. The van der Waals surface area contributed by atoms with Crippen molar-refractivity contribution in [1.29, 1.82) is 0 Å². The van der Waals surface area contributed by atoms with Crippen LogP contribution in [-0.2, 0) is 22.1 Å². The second-order valence-electron chi connectivity index (χ2n) is 4.80. The van der Waals surface area contributed by atoms with Crippen LogP contribution in [0.4, 0.5) is 0 Å². The molecular weight excluding hydrogens is 509 g/mol. The maximum absolute atomic E-state index is 11.8. The maximum Gasteiger partial charge on any atom is 0.317 e. The Morgan fingerprint density at radius 3 is 2.08 bits per heavy atom. The molecule has 25 heavy (non-hydrogen) atoms. The lowest BCUT2D eigenvalue weighted by atomic mass is 10.2. The molecule has 0 fully saturated rings. The summed E-state index contributed by atoms with van der Waals surface area (Å²) < 4.78 is 21.3. The van der Waals surface area contributed by atoms with Gasteiger partial charge in [0.05, 0.1) is 46.1 Å². The summed E-state index contributed by atoms with van der Waals surface area (Å²) in [4.78, 5) is 22.7. The van der Waals surface area contributed by atoms with Gasteiger partial charge in [0.2, 0.25) is 0 Å². The lowest BCUT2D eigenvalue weighted by Crippen LogP contribution is -2.27. The van der Waals surface area contributed by atoms with Crippen LogP contribution in [-0.4, -0.2) is 58.1 Å². The first-order valence-corrected chi connectivity index (χ1v) is 9.39. The van der Waals surface area contributed by atoms with E-state index in [1.807, 2.05) is 12.1 Å². The molecule has 0 aliphatic carbocycles. The van der Waals surface area contributed by atoms with Crippen LogP contribution in [0.5, 0.6) is 0 Å². The van der Waals surface area contributed by atoms with Gasteiger partial charge in [0, 0.05) is 16.6 Å². The SMILES string of the molecule is O=C(CCOCCOCCOCCNC(=O)c1ccc(Br)cc1)OI. The number of rotatable bonds is 13. The smallest absolute Gasteiger partial charge is 0.317 e. The van der Waals surface area contributed by atoms with E-state index in [1.54, 1.807) is 35.1 Å². The molecule has 0 atom stereocenters. The number of halogens is 2. The number of benzene rings is 1. The predicted molar refractivity (Wildman–Crippen MR) is 104 cm³/mol. The van der Waals surface area contributed by atoms with Crippen molar-refractivity contribution in [3.8, 4) is 0 Å². The Morgan fingerprint density at radius 1 is 0.920 bits per heavy atom. The van der Waals surface area contributed by atoms with Crippen molar-refractivity contribution in [2.45, 2.75) is 6.42 Å². The molecule has 1 rings (SSSR count). The van der Waals surface area contributed by atoms with E-state index in [9.17, 15) is 9.59 Å². The maximum atomic E-state index is 11.8. The van der Waals surface area contributed by atoms with E-state index >= 15 is 0 Å². The summed E-state index contributed by atoms with van der Waals surface area (Å²) in [5, 5.41) is 2.78. The van der Waals surface area contributed by atoms with Gasteiger partial charge in [0.15, 0.2) is 23.0 Å². The summed E-state index contributed by atoms with van der Waals surface area (Å²) in [5.74, 6) is -0.432. The van der Waals surface area contributed by atoms with Gasteiger partial charge in [-0.05, 0) is 24.3 Å². The quantitative estimate of drug-likeness (QED) is 0.312. The van der Waals surface area contributed by atoms with Crippen LogP contribution in [0.2, 0.25) is 0 Å². The Bertz CT molecular complexity index is 514. The third-order valence-electron chi connectivity index (χ3n) is 2.92. The molecule has 0 aromatic heterocycles. The molecule has 1 aromatic rings. The third kappa shape index (κ3) is 11.5. The Labute approximate surface area is 169 Å². The lowest BCUT2D eigenvalue weighted by Gasteiger charge is -2.08. The third-order valence-corrected chi connectivity index (χ3v) is 3.94. The standard InChI is InChI=1S/C16H21BrINO6/c17-14-3-1-13(2-4-14)16(21)19-6-8-23-10-12-24-11-9-22-7-5-15(20)25-18/h1-4H,5-12H2,(H,19,21). The van der Waals surface area contributed by atoms with Crippen molar-refractivity contribution in [2.24, 2.45) is 0 Å². The molecule has 0 unspecified atom stereocenters. The van der Waals surface area contributed by atoms with Crippen molar-refractivity contribution in [3.05, 3.63) is 34.3 Å². The number of ether oxygens (including phenoxy) is 3. The number of amides is 1. The van der Waals surface area contributed by atoms with Gasteiger partial charge in [-0.2, -0.15) is 0 Å². The Kier molecular flexibility index (Phi) is 12.9.